The molecule has 0 saturated carbocycles. The van der Waals surface area contributed by atoms with E-state index in [4.69, 9.17) is 26.4 Å². The topological polar surface area (TPSA) is 106 Å². The molecule has 1 fully saturated rings. The second-order valence-corrected chi connectivity index (χ2v) is 9.29. The van der Waals surface area contributed by atoms with E-state index < -0.39 is 17.9 Å². The number of carbonyl (C=O) groups is 3. The summed E-state index contributed by atoms with van der Waals surface area (Å²) in [6, 6.07) is 15.2. The highest BCUT2D eigenvalue weighted by Gasteiger charge is 2.34. The van der Waals surface area contributed by atoms with Crippen LogP contribution in [0.25, 0.3) is 0 Å². The molecule has 1 aliphatic heterocycles. The van der Waals surface area contributed by atoms with E-state index in [0.29, 0.717) is 50.1 Å². The van der Waals surface area contributed by atoms with Crippen LogP contribution in [0.1, 0.15) is 37.0 Å². The van der Waals surface area contributed by atoms with Crippen LogP contribution in [-0.4, -0.2) is 66.7 Å². The first-order valence-corrected chi connectivity index (χ1v) is 12.7. The van der Waals surface area contributed by atoms with Gasteiger partial charge in [-0.1, -0.05) is 38.1 Å². The van der Waals surface area contributed by atoms with Crippen molar-refractivity contribution in [1.82, 2.24) is 15.5 Å². The SMILES string of the molecule is CC(C)CCOC(=O)CC1C(=O)NCCN1C(=S)NC(=O)c1cccc(OCCOc2ccccc2)c1. The number of para-hydroxylation sites is 1. The number of piperazine rings is 1. The summed E-state index contributed by atoms with van der Waals surface area (Å²) < 4.78 is 16.6. The number of nitrogens with zero attached hydrogens (tertiary/aromatic N) is 1. The molecule has 10 heteroatoms. The van der Waals surface area contributed by atoms with Crippen molar-refractivity contribution in [1.29, 1.82) is 0 Å². The van der Waals surface area contributed by atoms with Gasteiger partial charge in [-0.05, 0) is 54.9 Å². The van der Waals surface area contributed by atoms with Gasteiger partial charge in [-0.25, -0.2) is 0 Å². The van der Waals surface area contributed by atoms with Gasteiger partial charge in [-0.15, -0.1) is 0 Å². The second kappa shape index (κ2) is 14.2. The molecule has 1 aliphatic rings. The zero-order valence-corrected chi connectivity index (χ0v) is 21.9. The van der Waals surface area contributed by atoms with Gasteiger partial charge in [0.25, 0.3) is 5.91 Å². The average Bonchev–Trinajstić information content (AvgIpc) is 2.88. The molecule has 3 rings (SSSR count). The maximum atomic E-state index is 12.9. The number of carbonyl (C=O) groups excluding carboxylic acids is 3. The standard InChI is InChI=1S/C27H33N3O6S/c1-19(2)11-14-36-24(31)18-23-26(33)28-12-13-30(23)27(37)29-25(32)20-7-6-10-22(17-20)35-16-15-34-21-8-4-3-5-9-21/h3-10,17,19,23H,11-16,18H2,1-2H3,(H,28,33)(H,29,32,37). The number of ether oxygens (including phenoxy) is 3. The molecule has 1 unspecified atom stereocenters. The third-order valence-corrected chi connectivity index (χ3v) is 5.93. The van der Waals surface area contributed by atoms with Crippen LogP contribution in [0.5, 0.6) is 11.5 Å². The lowest BCUT2D eigenvalue weighted by Crippen LogP contribution is -2.60. The molecule has 2 aromatic rings. The molecule has 0 bridgehead atoms. The summed E-state index contributed by atoms with van der Waals surface area (Å²) in [5.74, 6) is 0.396. The van der Waals surface area contributed by atoms with Gasteiger partial charge >= 0.3 is 5.97 Å². The number of benzene rings is 2. The van der Waals surface area contributed by atoms with E-state index in [-0.39, 0.29) is 17.4 Å². The highest BCUT2D eigenvalue weighted by Crippen LogP contribution is 2.15. The fraction of sp³-hybridized carbons (Fsp3) is 0.407. The molecule has 9 nitrogen and oxygen atoms in total. The van der Waals surface area contributed by atoms with Crippen molar-refractivity contribution >= 4 is 35.1 Å². The van der Waals surface area contributed by atoms with Crippen LogP contribution < -0.4 is 20.1 Å². The Morgan fingerprint density at radius 1 is 1.05 bits per heavy atom. The van der Waals surface area contributed by atoms with Gasteiger partial charge in [0.05, 0.1) is 13.0 Å². The summed E-state index contributed by atoms with van der Waals surface area (Å²) in [5.41, 5.74) is 0.343. The highest BCUT2D eigenvalue weighted by molar-refractivity contribution is 7.80. The second-order valence-electron chi connectivity index (χ2n) is 8.90. The van der Waals surface area contributed by atoms with Crippen molar-refractivity contribution in [2.24, 2.45) is 5.92 Å². The minimum absolute atomic E-state index is 0.0717. The molecular formula is C27H33N3O6S. The number of amides is 2. The summed E-state index contributed by atoms with van der Waals surface area (Å²) >= 11 is 5.43. The number of rotatable bonds is 11. The Hall–Kier alpha value is -3.66. The minimum Gasteiger partial charge on any atom is -0.490 e. The molecule has 37 heavy (non-hydrogen) atoms. The van der Waals surface area contributed by atoms with Crippen molar-refractivity contribution in [3.8, 4) is 11.5 Å². The molecule has 0 aliphatic carbocycles. The van der Waals surface area contributed by atoms with Gasteiger partial charge in [0, 0.05) is 18.7 Å². The van der Waals surface area contributed by atoms with E-state index in [2.05, 4.69) is 10.6 Å². The number of nitrogens with one attached hydrogen (secondary N) is 2. The predicted octanol–water partition coefficient (Wildman–Crippen LogP) is 2.94. The Labute approximate surface area is 222 Å². The molecule has 2 aromatic carbocycles. The maximum Gasteiger partial charge on any atom is 0.308 e. The summed E-state index contributed by atoms with van der Waals surface area (Å²) in [6.07, 6.45) is 0.581. The van der Waals surface area contributed by atoms with E-state index >= 15 is 0 Å². The molecule has 2 N–H and O–H groups in total. The Morgan fingerprint density at radius 2 is 1.76 bits per heavy atom. The van der Waals surface area contributed by atoms with E-state index in [1.54, 1.807) is 29.2 Å². The zero-order chi connectivity index (χ0) is 26.6. The Balaban J connectivity index is 1.52. The first kappa shape index (κ1) is 27.9. The third kappa shape index (κ3) is 9.05. The summed E-state index contributed by atoms with van der Waals surface area (Å²) in [4.78, 5) is 39.2. The molecular weight excluding hydrogens is 494 g/mol. The molecule has 198 valence electrons. The molecule has 2 amide bonds. The molecule has 1 saturated heterocycles. The molecule has 0 aromatic heterocycles. The fourth-order valence-electron chi connectivity index (χ4n) is 3.59. The Kier molecular flexibility index (Phi) is 10.7. The lowest BCUT2D eigenvalue weighted by atomic mass is 10.1. The lowest BCUT2D eigenvalue weighted by molar-refractivity contribution is -0.147. The van der Waals surface area contributed by atoms with Crippen LogP contribution >= 0.6 is 12.2 Å². The van der Waals surface area contributed by atoms with Gasteiger partial charge < -0.3 is 24.4 Å². The van der Waals surface area contributed by atoms with E-state index in [9.17, 15) is 14.4 Å². The zero-order valence-electron chi connectivity index (χ0n) is 21.1. The lowest BCUT2D eigenvalue weighted by Gasteiger charge is -2.36. The van der Waals surface area contributed by atoms with Gasteiger partial charge in [-0.2, -0.15) is 0 Å². The number of hydrogen-bond donors (Lipinski definition) is 2. The van der Waals surface area contributed by atoms with Crippen molar-refractivity contribution in [2.45, 2.75) is 32.7 Å². The number of esters is 1. The minimum atomic E-state index is -0.854. The van der Waals surface area contributed by atoms with E-state index in [1.807, 2.05) is 44.2 Å². The van der Waals surface area contributed by atoms with Crippen molar-refractivity contribution in [3.05, 3.63) is 60.2 Å². The summed E-state index contributed by atoms with van der Waals surface area (Å²) in [5, 5.41) is 5.48. The molecule has 0 radical (unpaired) electrons. The molecule has 1 heterocycles. The van der Waals surface area contributed by atoms with Crippen LogP contribution in [0.2, 0.25) is 0 Å². The van der Waals surface area contributed by atoms with Crippen LogP contribution in [0.4, 0.5) is 0 Å². The summed E-state index contributed by atoms with van der Waals surface area (Å²) in [7, 11) is 0. The number of thiocarbonyl (C=S) groups is 1. The van der Waals surface area contributed by atoms with Crippen LogP contribution in [0.15, 0.2) is 54.6 Å². The molecule has 0 spiro atoms. The van der Waals surface area contributed by atoms with Gasteiger partial charge in [0.1, 0.15) is 30.8 Å². The van der Waals surface area contributed by atoms with Crippen LogP contribution in [0.3, 0.4) is 0 Å². The monoisotopic (exact) mass is 527 g/mol. The van der Waals surface area contributed by atoms with Gasteiger partial charge in [0.15, 0.2) is 5.11 Å². The van der Waals surface area contributed by atoms with Gasteiger partial charge in [0.2, 0.25) is 5.91 Å². The quantitative estimate of drug-likeness (QED) is 0.261. The Morgan fingerprint density at radius 3 is 2.49 bits per heavy atom. The predicted molar refractivity (Wildman–Crippen MR) is 142 cm³/mol. The van der Waals surface area contributed by atoms with Crippen LogP contribution in [-0.2, 0) is 14.3 Å². The van der Waals surface area contributed by atoms with Crippen molar-refractivity contribution in [3.63, 3.8) is 0 Å². The smallest absolute Gasteiger partial charge is 0.308 e. The maximum absolute atomic E-state index is 12.9. The fourth-order valence-corrected chi connectivity index (χ4v) is 3.90. The van der Waals surface area contributed by atoms with Crippen LogP contribution in [0, 0.1) is 5.92 Å². The number of hydrogen-bond acceptors (Lipinski definition) is 7. The van der Waals surface area contributed by atoms with Crippen molar-refractivity contribution < 1.29 is 28.6 Å². The first-order chi connectivity index (χ1) is 17.8. The largest absolute Gasteiger partial charge is 0.490 e. The molecule has 1 atom stereocenters. The van der Waals surface area contributed by atoms with E-state index in [0.717, 1.165) is 12.2 Å². The van der Waals surface area contributed by atoms with Gasteiger partial charge in [-0.3, -0.25) is 19.7 Å². The van der Waals surface area contributed by atoms with E-state index in [1.165, 1.54) is 0 Å². The average molecular weight is 528 g/mol. The summed E-state index contributed by atoms with van der Waals surface area (Å²) in [6.45, 7) is 5.73. The van der Waals surface area contributed by atoms with Crippen molar-refractivity contribution in [2.75, 3.05) is 32.9 Å². The highest BCUT2D eigenvalue weighted by atomic mass is 32.1. The Bertz CT molecular complexity index is 1080. The first-order valence-electron chi connectivity index (χ1n) is 12.3. The third-order valence-electron chi connectivity index (χ3n) is 5.59. The normalized spacial score (nSPS) is 15.1.